The van der Waals surface area contributed by atoms with Gasteiger partial charge in [0.15, 0.2) is 6.61 Å². The van der Waals surface area contributed by atoms with Crippen LogP contribution < -0.4 is 10.1 Å². The summed E-state index contributed by atoms with van der Waals surface area (Å²) in [5.41, 5.74) is 3.27. The van der Waals surface area contributed by atoms with Gasteiger partial charge in [-0.3, -0.25) is 9.59 Å². The fraction of sp³-hybridized carbons (Fsp3) is 0.440. The Bertz CT molecular complexity index is 900. The summed E-state index contributed by atoms with van der Waals surface area (Å²) >= 11 is 3.51. The topological polar surface area (TPSA) is 58.6 Å². The van der Waals surface area contributed by atoms with E-state index in [1.165, 1.54) is 5.56 Å². The van der Waals surface area contributed by atoms with E-state index < -0.39 is 6.04 Å². The van der Waals surface area contributed by atoms with Gasteiger partial charge in [-0.1, -0.05) is 49.7 Å². The summed E-state index contributed by atoms with van der Waals surface area (Å²) in [6.07, 6.45) is 1.75. The highest BCUT2D eigenvalue weighted by Crippen LogP contribution is 2.26. The van der Waals surface area contributed by atoms with E-state index >= 15 is 0 Å². The van der Waals surface area contributed by atoms with E-state index in [0.717, 1.165) is 28.4 Å². The van der Waals surface area contributed by atoms with Gasteiger partial charge in [0.1, 0.15) is 11.8 Å². The van der Waals surface area contributed by atoms with E-state index in [4.69, 9.17) is 4.74 Å². The molecule has 2 atom stereocenters. The Morgan fingerprint density at radius 2 is 1.84 bits per heavy atom. The molecule has 31 heavy (non-hydrogen) atoms. The number of halogens is 1. The fourth-order valence-electron chi connectivity index (χ4n) is 3.16. The number of amides is 2. The maximum Gasteiger partial charge on any atom is 0.261 e. The van der Waals surface area contributed by atoms with Gasteiger partial charge in [0.2, 0.25) is 5.91 Å². The highest BCUT2D eigenvalue weighted by Gasteiger charge is 2.27. The van der Waals surface area contributed by atoms with Crippen molar-refractivity contribution in [3.63, 3.8) is 0 Å². The zero-order valence-electron chi connectivity index (χ0n) is 19.1. The first-order chi connectivity index (χ1) is 14.7. The van der Waals surface area contributed by atoms with Gasteiger partial charge in [-0.05, 0) is 72.8 Å². The normalized spacial score (nSPS) is 12.7. The van der Waals surface area contributed by atoms with Crippen molar-refractivity contribution in [2.75, 3.05) is 6.61 Å². The monoisotopic (exact) mass is 488 g/mol. The Kier molecular flexibility index (Phi) is 9.56. The molecule has 5 nitrogen and oxygen atoms in total. The number of nitrogens with zero attached hydrogens (tertiary/aromatic N) is 1. The molecule has 0 spiro atoms. The minimum absolute atomic E-state index is 0.0511. The Labute approximate surface area is 194 Å². The van der Waals surface area contributed by atoms with E-state index in [2.05, 4.69) is 28.2 Å². The zero-order valence-corrected chi connectivity index (χ0v) is 20.7. The van der Waals surface area contributed by atoms with E-state index in [1.807, 2.05) is 63.2 Å². The Hall–Kier alpha value is -2.34. The van der Waals surface area contributed by atoms with Crippen molar-refractivity contribution in [3.8, 4) is 5.75 Å². The third-order valence-electron chi connectivity index (χ3n) is 5.36. The largest absolute Gasteiger partial charge is 0.483 e. The molecule has 6 heteroatoms. The lowest BCUT2D eigenvalue weighted by Gasteiger charge is -2.29. The summed E-state index contributed by atoms with van der Waals surface area (Å²) in [5.74, 6) is 0.210. The lowest BCUT2D eigenvalue weighted by atomic mass is 10.1. The number of rotatable bonds is 10. The first kappa shape index (κ1) is 24.9. The lowest BCUT2D eigenvalue weighted by Crippen LogP contribution is -2.50. The van der Waals surface area contributed by atoms with Gasteiger partial charge in [-0.15, -0.1) is 0 Å². The molecule has 2 aromatic carbocycles. The van der Waals surface area contributed by atoms with Crippen molar-refractivity contribution in [2.24, 2.45) is 0 Å². The molecule has 0 aliphatic carbocycles. The van der Waals surface area contributed by atoms with Crippen LogP contribution in [0.2, 0.25) is 0 Å². The molecule has 0 unspecified atom stereocenters. The molecule has 0 radical (unpaired) electrons. The molecule has 2 amide bonds. The fourth-order valence-corrected chi connectivity index (χ4v) is 3.70. The minimum atomic E-state index is -0.614. The van der Waals surface area contributed by atoms with Crippen LogP contribution in [-0.2, 0) is 22.6 Å². The third-order valence-corrected chi connectivity index (χ3v) is 5.98. The first-order valence-corrected chi connectivity index (χ1v) is 11.6. The summed E-state index contributed by atoms with van der Waals surface area (Å²) in [5, 5.41) is 2.98. The smallest absolute Gasteiger partial charge is 0.261 e. The van der Waals surface area contributed by atoms with Crippen LogP contribution in [0.3, 0.4) is 0 Å². The van der Waals surface area contributed by atoms with Crippen LogP contribution in [0.1, 0.15) is 50.8 Å². The summed E-state index contributed by atoms with van der Waals surface area (Å²) in [6, 6.07) is 13.2. The predicted molar refractivity (Wildman–Crippen MR) is 128 cm³/mol. The molecule has 2 aromatic rings. The zero-order chi connectivity index (χ0) is 23.0. The van der Waals surface area contributed by atoms with Gasteiger partial charge in [-0.25, -0.2) is 0 Å². The molecular formula is C25H33BrN2O3. The number of hydrogen-bond donors (Lipinski definition) is 1. The van der Waals surface area contributed by atoms with Crippen LogP contribution in [0.4, 0.5) is 0 Å². The summed E-state index contributed by atoms with van der Waals surface area (Å²) in [4.78, 5) is 27.5. The Morgan fingerprint density at radius 3 is 2.45 bits per heavy atom. The first-order valence-electron chi connectivity index (χ1n) is 10.8. The SMILES string of the molecule is CCc1ccc(OCC(=O)N(Cc2cccc(C)c2)[C@H](C)C(=O)N[C@@H](C)CC)c(Br)c1. The Morgan fingerprint density at radius 1 is 1.10 bits per heavy atom. The maximum absolute atomic E-state index is 13.1. The molecule has 2 rings (SSSR count). The van der Waals surface area contributed by atoms with Crippen molar-refractivity contribution in [1.82, 2.24) is 10.2 Å². The van der Waals surface area contributed by atoms with Gasteiger partial charge in [-0.2, -0.15) is 0 Å². The van der Waals surface area contributed by atoms with Crippen molar-refractivity contribution in [3.05, 3.63) is 63.6 Å². The number of aryl methyl sites for hydroxylation is 2. The summed E-state index contributed by atoms with van der Waals surface area (Å²) in [7, 11) is 0. The molecule has 0 saturated heterocycles. The second-order valence-corrected chi connectivity index (χ2v) is 8.77. The molecule has 0 aromatic heterocycles. The van der Waals surface area contributed by atoms with E-state index in [0.29, 0.717) is 12.3 Å². The van der Waals surface area contributed by atoms with E-state index in [-0.39, 0.29) is 24.5 Å². The van der Waals surface area contributed by atoms with Gasteiger partial charge >= 0.3 is 0 Å². The van der Waals surface area contributed by atoms with Crippen molar-refractivity contribution in [2.45, 2.75) is 66.1 Å². The summed E-state index contributed by atoms with van der Waals surface area (Å²) < 4.78 is 6.62. The highest BCUT2D eigenvalue weighted by molar-refractivity contribution is 9.10. The van der Waals surface area contributed by atoms with Crippen LogP contribution in [0.25, 0.3) is 0 Å². The minimum Gasteiger partial charge on any atom is -0.483 e. The number of carbonyl (C=O) groups is 2. The van der Waals surface area contributed by atoms with Crippen LogP contribution in [0, 0.1) is 6.92 Å². The molecule has 0 saturated carbocycles. The van der Waals surface area contributed by atoms with Crippen LogP contribution >= 0.6 is 15.9 Å². The molecule has 0 aliphatic heterocycles. The van der Waals surface area contributed by atoms with Gasteiger partial charge in [0.25, 0.3) is 5.91 Å². The number of carbonyl (C=O) groups excluding carboxylic acids is 2. The number of nitrogens with one attached hydrogen (secondary N) is 1. The van der Waals surface area contributed by atoms with Crippen LogP contribution in [0.5, 0.6) is 5.75 Å². The van der Waals surface area contributed by atoms with Gasteiger partial charge in [0.05, 0.1) is 4.47 Å². The molecule has 0 heterocycles. The predicted octanol–water partition coefficient (Wildman–Crippen LogP) is 5.03. The number of benzene rings is 2. The second-order valence-electron chi connectivity index (χ2n) is 7.91. The van der Waals surface area contributed by atoms with E-state index in [1.54, 1.807) is 11.8 Å². The highest BCUT2D eigenvalue weighted by atomic mass is 79.9. The van der Waals surface area contributed by atoms with Crippen molar-refractivity contribution >= 4 is 27.7 Å². The van der Waals surface area contributed by atoms with Crippen molar-refractivity contribution in [1.29, 1.82) is 0 Å². The lowest BCUT2D eigenvalue weighted by molar-refractivity contribution is -0.142. The Balaban J connectivity index is 2.17. The average molecular weight is 489 g/mol. The molecule has 0 bridgehead atoms. The maximum atomic E-state index is 13.1. The standard InChI is InChI=1S/C25H33BrN2O3/c1-6-18(4)27-25(30)19(5)28(15-21-10-8-9-17(3)13-21)24(29)16-31-23-12-11-20(7-2)14-22(23)26/h8-14,18-19H,6-7,15-16H2,1-5H3,(H,27,30)/t18-,19+/m0/s1. The average Bonchev–Trinajstić information content (AvgIpc) is 2.75. The molecular weight excluding hydrogens is 456 g/mol. The number of hydrogen-bond acceptors (Lipinski definition) is 3. The molecule has 168 valence electrons. The molecule has 0 fully saturated rings. The van der Waals surface area contributed by atoms with Crippen molar-refractivity contribution < 1.29 is 14.3 Å². The third kappa shape index (κ3) is 7.39. The van der Waals surface area contributed by atoms with Gasteiger partial charge in [0, 0.05) is 12.6 Å². The van der Waals surface area contributed by atoms with Crippen LogP contribution in [-0.4, -0.2) is 35.4 Å². The van der Waals surface area contributed by atoms with E-state index in [9.17, 15) is 9.59 Å². The second kappa shape index (κ2) is 11.9. The molecule has 0 aliphatic rings. The van der Waals surface area contributed by atoms with Crippen LogP contribution in [0.15, 0.2) is 46.9 Å². The number of ether oxygens (including phenoxy) is 1. The summed E-state index contributed by atoms with van der Waals surface area (Å²) in [6.45, 7) is 10.0. The quantitative estimate of drug-likeness (QED) is 0.509. The molecule has 1 N–H and O–H groups in total. The van der Waals surface area contributed by atoms with Gasteiger partial charge < -0.3 is 15.0 Å².